The summed E-state index contributed by atoms with van der Waals surface area (Å²) < 4.78 is 25.8. The van der Waals surface area contributed by atoms with E-state index in [9.17, 15) is 8.42 Å². The normalized spacial score (nSPS) is 15.5. The SMILES string of the molecule is CC(CCN)NS(=O)(=O)CC(C)(C)C. The van der Waals surface area contributed by atoms with Crippen molar-refractivity contribution in [1.29, 1.82) is 0 Å². The van der Waals surface area contributed by atoms with Crippen LogP contribution in [0.4, 0.5) is 0 Å². The molecule has 0 fully saturated rings. The molecular weight excluding hydrogens is 200 g/mol. The molecule has 0 aliphatic heterocycles. The lowest BCUT2D eigenvalue weighted by Gasteiger charge is -2.20. The lowest BCUT2D eigenvalue weighted by atomic mass is 10.0. The number of nitrogens with one attached hydrogen (secondary N) is 1. The summed E-state index contributed by atoms with van der Waals surface area (Å²) in [6.07, 6.45) is 0.670. The highest BCUT2D eigenvalue weighted by molar-refractivity contribution is 7.89. The van der Waals surface area contributed by atoms with E-state index in [2.05, 4.69) is 4.72 Å². The summed E-state index contributed by atoms with van der Waals surface area (Å²) in [5.41, 5.74) is 5.13. The molecule has 3 N–H and O–H groups in total. The molecule has 0 aromatic carbocycles. The molecule has 4 nitrogen and oxygen atoms in total. The van der Waals surface area contributed by atoms with Crippen molar-refractivity contribution >= 4 is 10.0 Å². The molecule has 0 amide bonds. The molecule has 86 valence electrons. The smallest absolute Gasteiger partial charge is 0.212 e. The molecule has 5 heteroatoms. The van der Waals surface area contributed by atoms with Crippen molar-refractivity contribution in [2.24, 2.45) is 11.1 Å². The fraction of sp³-hybridized carbons (Fsp3) is 1.00. The Morgan fingerprint density at radius 3 is 2.21 bits per heavy atom. The topological polar surface area (TPSA) is 72.2 Å². The predicted octanol–water partition coefficient (Wildman–Crippen LogP) is 0.689. The molecule has 0 saturated carbocycles. The molecule has 14 heavy (non-hydrogen) atoms. The van der Waals surface area contributed by atoms with Crippen LogP contribution in [0.2, 0.25) is 0 Å². The largest absolute Gasteiger partial charge is 0.330 e. The Hall–Kier alpha value is -0.130. The van der Waals surface area contributed by atoms with E-state index in [1.807, 2.05) is 27.7 Å². The van der Waals surface area contributed by atoms with Crippen molar-refractivity contribution in [3.8, 4) is 0 Å². The first kappa shape index (κ1) is 13.9. The van der Waals surface area contributed by atoms with Crippen LogP contribution in [0, 0.1) is 5.41 Å². The van der Waals surface area contributed by atoms with Gasteiger partial charge >= 0.3 is 0 Å². The van der Waals surface area contributed by atoms with Crippen molar-refractivity contribution < 1.29 is 8.42 Å². The lowest BCUT2D eigenvalue weighted by Crippen LogP contribution is -2.38. The fourth-order valence-corrected chi connectivity index (χ4v) is 3.18. The molecule has 1 unspecified atom stereocenters. The molecule has 1 atom stereocenters. The van der Waals surface area contributed by atoms with Crippen LogP contribution in [0.15, 0.2) is 0 Å². The van der Waals surface area contributed by atoms with Crippen molar-refractivity contribution in [2.75, 3.05) is 12.3 Å². The van der Waals surface area contributed by atoms with Crippen LogP contribution in [0.3, 0.4) is 0 Å². The van der Waals surface area contributed by atoms with Crippen LogP contribution in [-0.4, -0.2) is 26.8 Å². The van der Waals surface area contributed by atoms with Gasteiger partial charge in [-0.1, -0.05) is 20.8 Å². The van der Waals surface area contributed by atoms with E-state index in [1.165, 1.54) is 0 Å². The van der Waals surface area contributed by atoms with Gasteiger partial charge in [-0.05, 0) is 25.3 Å². The minimum atomic E-state index is -3.17. The van der Waals surface area contributed by atoms with Gasteiger partial charge in [0.1, 0.15) is 0 Å². The van der Waals surface area contributed by atoms with Crippen LogP contribution in [0.5, 0.6) is 0 Å². The second-order valence-electron chi connectivity index (χ2n) is 4.92. The van der Waals surface area contributed by atoms with Gasteiger partial charge in [-0.25, -0.2) is 13.1 Å². The summed E-state index contributed by atoms with van der Waals surface area (Å²) in [6.45, 7) is 8.03. The fourth-order valence-electron chi connectivity index (χ4n) is 1.23. The number of nitrogens with two attached hydrogens (primary N) is 1. The number of rotatable bonds is 5. The number of hydrogen-bond acceptors (Lipinski definition) is 3. The summed E-state index contributed by atoms with van der Waals surface area (Å²) in [5, 5.41) is 0. The van der Waals surface area contributed by atoms with Crippen LogP contribution in [-0.2, 0) is 10.0 Å². The molecule has 0 heterocycles. The van der Waals surface area contributed by atoms with Crippen molar-refractivity contribution in [1.82, 2.24) is 4.72 Å². The third-order valence-corrected chi connectivity index (χ3v) is 3.61. The van der Waals surface area contributed by atoms with Crippen LogP contribution in [0.1, 0.15) is 34.1 Å². The second-order valence-corrected chi connectivity index (χ2v) is 6.67. The van der Waals surface area contributed by atoms with Gasteiger partial charge in [-0.15, -0.1) is 0 Å². The molecule has 0 aromatic rings. The van der Waals surface area contributed by atoms with Crippen LogP contribution >= 0.6 is 0 Å². The van der Waals surface area contributed by atoms with E-state index >= 15 is 0 Å². The van der Waals surface area contributed by atoms with E-state index in [1.54, 1.807) is 0 Å². The summed E-state index contributed by atoms with van der Waals surface area (Å²) in [6, 6.07) is -0.0765. The molecule has 0 aliphatic rings. The summed E-state index contributed by atoms with van der Waals surface area (Å²) in [5.74, 6) is 0.148. The molecule has 0 aliphatic carbocycles. The Balaban J connectivity index is 4.22. The molecule has 0 bridgehead atoms. The average Bonchev–Trinajstić information content (AvgIpc) is 1.78. The summed E-state index contributed by atoms with van der Waals surface area (Å²) >= 11 is 0. The van der Waals surface area contributed by atoms with Gasteiger partial charge in [0.05, 0.1) is 5.75 Å². The summed E-state index contributed by atoms with van der Waals surface area (Å²) in [7, 11) is -3.17. The van der Waals surface area contributed by atoms with E-state index in [-0.39, 0.29) is 17.2 Å². The Morgan fingerprint density at radius 1 is 1.36 bits per heavy atom. The number of sulfonamides is 1. The van der Waals surface area contributed by atoms with Gasteiger partial charge in [0, 0.05) is 6.04 Å². The maximum atomic E-state index is 11.6. The molecule has 0 aromatic heterocycles. The Kier molecular flexibility index (Phi) is 5.05. The van der Waals surface area contributed by atoms with Crippen molar-refractivity contribution in [2.45, 2.75) is 40.2 Å². The Bertz CT molecular complexity index is 254. The molecule has 0 saturated heterocycles. The Morgan fingerprint density at radius 2 is 1.86 bits per heavy atom. The second kappa shape index (κ2) is 5.09. The minimum absolute atomic E-state index is 0.0765. The highest BCUT2D eigenvalue weighted by Crippen LogP contribution is 2.15. The van der Waals surface area contributed by atoms with Crippen LogP contribution < -0.4 is 10.5 Å². The zero-order valence-corrected chi connectivity index (χ0v) is 10.3. The standard InChI is InChI=1S/C9H22N2O2S/c1-8(5-6-10)11-14(12,13)7-9(2,3)4/h8,11H,5-7,10H2,1-4H3. The molecular formula is C9H22N2O2S. The van der Waals surface area contributed by atoms with Gasteiger partial charge in [-0.3, -0.25) is 0 Å². The van der Waals surface area contributed by atoms with Crippen molar-refractivity contribution in [3.63, 3.8) is 0 Å². The van der Waals surface area contributed by atoms with Gasteiger partial charge < -0.3 is 5.73 Å². The monoisotopic (exact) mass is 222 g/mol. The highest BCUT2D eigenvalue weighted by Gasteiger charge is 2.22. The first-order valence-electron chi connectivity index (χ1n) is 4.86. The van der Waals surface area contributed by atoms with Crippen LogP contribution in [0.25, 0.3) is 0 Å². The quantitative estimate of drug-likeness (QED) is 0.719. The van der Waals surface area contributed by atoms with E-state index in [0.717, 1.165) is 0 Å². The molecule has 0 spiro atoms. The zero-order valence-electron chi connectivity index (χ0n) is 9.50. The van der Waals surface area contributed by atoms with Gasteiger partial charge in [0.15, 0.2) is 0 Å². The Labute approximate surface area is 87.3 Å². The lowest BCUT2D eigenvalue weighted by molar-refractivity contribution is 0.453. The third-order valence-electron chi connectivity index (χ3n) is 1.60. The summed E-state index contributed by atoms with van der Waals surface area (Å²) in [4.78, 5) is 0. The van der Waals surface area contributed by atoms with E-state index in [0.29, 0.717) is 13.0 Å². The first-order chi connectivity index (χ1) is 6.16. The predicted molar refractivity (Wildman–Crippen MR) is 59.5 cm³/mol. The highest BCUT2D eigenvalue weighted by atomic mass is 32.2. The van der Waals surface area contributed by atoms with E-state index in [4.69, 9.17) is 5.73 Å². The maximum Gasteiger partial charge on any atom is 0.212 e. The average molecular weight is 222 g/mol. The van der Waals surface area contributed by atoms with Crippen molar-refractivity contribution in [3.05, 3.63) is 0 Å². The molecule has 0 rings (SSSR count). The van der Waals surface area contributed by atoms with E-state index < -0.39 is 10.0 Å². The maximum absolute atomic E-state index is 11.6. The first-order valence-corrected chi connectivity index (χ1v) is 6.51. The van der Waals surface area contributed by atoms with Gasteiger partial charge in [0.25, 0.3) is 0 Å². The zero-order chi connectivity index (χ0) is 11.4. The molecule has 0 radical (unpaired) electrons. The third kappa shape index (κ3) is 7.29. The van der Waals surface area contributed by atoms with Gasteiger partial charge in [-0.2, -0.15) is 0 Å². The van der Waals surface area contributed by atoms with Gasteiger partial charge in [0.2, 0.25) is 10.0 Å². The number of hydrogen-bond donors (Lipinski definition) is 2. The minimum Gasteiger partial charge on any atom is -0.330 e.